The number of rotatable bonds is 3. The third kappa shape index (κ3) is 3.96. The minimum Gasteiger partial charge on any atom is -0.354 e. The van der Waals surface area contributed by atoms with Gasteiger partial charge in [-0.05, 0) is 43.5 Å². The first kappa shape index (κ1) is 15.7. The highest BCUT2D eigenvalue weighted by molar-refractivity contribution is 6.29. The summed E-state index contributed by atoms with van der Waals surface area (Å²) < 4.78 is 0. The van der Waals surface area contributed by atoms with Crippen molar-refractivity contribution in [3.8, 4) is 0 Å². The van der Waals surface area contributed by atoms with E-state index < -0.39 is 0 Å². The number of nitrogens with zero attached hydrogens (tertiary/aromatic N) is 4. The molecule has 0 bridgehead atoms. The molecule has 2 aromatic heterocycles. The van der Waals surface area contributed by atoms with E-state index in [1.807, 2.05) is 25.1 Å². The van der Waals surface area contributed by atoms with Gasteiger partial charge >= 0.3 is 0 Å². The summed E-state index contributed by atoms with van der Waals surface area (Å²) in [6.45, 7) is 3.45. The van der Waals surface area contributed by atoms with Crippen molar-refractivity contribution in [2.24, 2.45) is 5.92 Å². The van der Waals surface area contributed by atoms with Crippen molar-refractivity contribution in [2.45, 2.75) is 19.8 Å². The second-order valence-electron chi connectivity index (χ2n) is 5.71. The molecule has 1 aliphatic rings. The number of piperidine rings is 1. The van der Waals surface area contributed by atoms with E-state index in [1.165, 1.54) is 0 Å². The Bertz CT molecular complexity index is 674. The first-order valence-corrected chi connectivity index (χ1v) is 7.97. The molecule has 1 amide bonds. The predicted octanol–water partition coefficient (Wildman–Crippen LogP) is 2.69. The summed E-state index contributed by atoms with van der Waals surface area (Å²) in [6.07, 6.45) is 3.53. The van der Waals surface area contributed by atoms with Gasteiger partial charge in [0.05, 0.1) is 5.92 Å². The van der Waals surface area contributed by atoms with Gasteiger partial charge in [0.1, 0.15) is 5.82 Å². The first-order chi connectivity index (χ1) is 11.1. The van der Waals surface area contributed by atoms with Gasteiger partial charge in [-0.15, -0.1) is 10.2 Å². The zero-order valence-electron chi connectivity index (χ0n) is 12.9. The molecule has 120 valence electrons. The number of aromatic nitrogens is 3. The number of hydrogen-bond acceptors (Lipinski definition) is 5. The largest absolute Gasteiger partial charge is 0.354 e. The Labute approximate surface area is 139 Å². The van der Waals surface area contributed by atoms with Gasteiger partial charge in [-0.25, -0.2) is 4.98 Å². The number of carbonyl (C=O) groups excluding carboxylic acids is 1. The van der Waals surface area contributed by atoms with Crippen LogP contribution in [-0.2, 0) is 4.79 Å². The van der Waals surface area contributed by atoms with Gasteiger partial charge in [0.2, 0.25) is 5.91 Å². The Morgan fingerprint density at radius 2 is 2.17 bits per heavy atom. The SMILES string of the molecule is Cc1ccc(NC(=O)[C@@H]2CCCN(c3ccc(Cl)nn3)C2)nc1. The van der Waals surface area contributed by atoms with E-state index in [9.17, 15) is 4.79 Å². The highest BCUT2D eigenvalue weighted by Crippen LogP contribution is 2.22. The van der Waals surface area contributed by atoms with Gasteiger partial charge in [0, 0.05) is 19.3 Å². The lowest BCUT2D eigenvalue weighted by Crippen LogP contribution is -2.41. The maximum Gasteiger partial charge on any atom is 0.230 e. The Balaban J connectivity index is 1.64. The molecule has 1 aliphatic heterocycles. The molecule has 0 aliphatic carbocycles. The molecule has 23 heavy (non-hydrogen) atoms. The third-order valence-corrected chi connectivity index (χ3v) is 4.10. The average Bonchev–Trinajstić information content (AvgIpc) is 2.58. The standard InChI is InChI=1S/C16H18ClN5O/c1-11-4-6-14(18-9-11)19-16(23)12-3-2-8-22(10-12)15-7-5-13(17)20-21-15/h4-7,9,12H,2-3,8,10H2,1H3,(H,18,19,23)/t12-/m1/s1. The fourth-order valence-corrected chi connectivity index (χ4v) is 2.75. The van der Waals surface area contributed by atoms with Crippen molar-refractivity contribution in [1.29, 1.82) is 0 Å². The van der Waals surface area contributed by atoms with Crippen LogP contribution in [-0.4, -0.2) is 34.2 Å². The van der Waals surface area contributed by atoms with Crippen LogP contribution in [0.25, 0.3) is 0 Å². The van der Waals surface area contributed by atoms with Crippen molar-refractivity contribution in [3.63, 3.8) is 0 Å². The van der Waals surface area contributed by atoms with Crippen molar-refractivity contribution < 1.29 is 4.79 Å². The van der Waals surface area contributed by atoms with E-state index in [1.54, 1.807) is 12.3 Å². The highest BCUT2D eigenvalue weighted by Gasteiger charge is 2.27. The van der Waals surface area contributed by atoms with Crippen molar-refractivity contribution in [2.75, 3.05) is 23.3 Å². The van der Waals surface area contributed by atoms with Crippen LogP contribution in [0.2, 0.25) is 5.15 Å². The van der Waals surface area contributed by atoms with Gasteiger partial charge < -0.3 is 10.2 Å². The second-order valence-corrected chi connectivity index (χ2v) is 6.10. The lowest BCUT2D eigenvalue weighted by atomic mass is 9.97. The molecule has 0 saturated carbocycles. The smallest absolute Gasteiger partial charge is 0.230 e. The Morgan fingerprint density at radius 1 is 1.30 bits per heavy atom. The summed E-state index contributed by atoms with van der Waals surface area (Å²) in [5.41, 5.74) is 1.06. The van der Waals surface area contributed by atoms with E-state index in [2.05, 4.69) is 25.4 Å². The second kappa shape index (κ2) is 6.91. The molecule has 3 heterocycles. The topological polar surface area (TPSA) is 71.0 Å². The fourth-order valence-electron chi connectivity index (χ4n) is 2.65. The normalized spacial score (nSPS) is 17.8. The van der Waals surface area contributed by atoms with Gasteiger partial charge in [0.15, 0.2) is 11.0 Å². The highest BCUT2D eigenvalue weighted by atomic mass is 35.5. The molecule has 0 spiro atoms. The van der Waals surface area contributed by atoms with Crippen LogP contribution in [0.3, 0.4) is 0 Å². The number of hydrogen-bond donors (Lipinski definition) is 1. The molecule has 0 aromatic carbocycles. The molecule has 0 radical (unpaired) electrons. The van der Waals surface area contributed by atoms with E-state index >= 15 is 0 Å². The molecule has 1 N–H and O–H groups in total. The van der Waals surface area contributed by atoms with Crippen LogP contribution in [0.1, 0.15) is 18.4 Å². The maximum atomic E-state index is 12.4. The van der Waals surface area contributed by atoms with Gasteiger partial charge in [-0.3, -0.25) is 4.79 Å². The van der Waals surface area contributed by atoms with E-state index in [4.69, 9.17) is 11.6 Å². The molecule has 1 fully saturated rings. The van der Waals surface area contributed by atoms with Crippen LogP contribution < -0.4 is 10.2 Å². The number of aryl methyl sites for hydroxylation is 1. The molecular formula is C16H18ClN5O. The quantitative estimate of drug-likeness (QED) is 0.936. The zero-order chi connectivity index (χ0) is 16.2. The number of nitrogens with one attached hydrogen (secondary N) is 1. The number of anilines is 2. The number of halogens is 1. The summed E-state index contributed by atoms with van der Waals surface area (Å²) in [4.78, 5) is 18.7. The average molecular weight is 332 g/mol. The van der Waals surface area contributed by atoms with Crippen LogP contribution in [0.15, 0.2) is 30.5 Å². The molecule has 7 heteroatoms. The predicted molar refractivity (Wildman–Crippen MR) is 89.6 cm³/mol. The van der Waals surface area contributed by atoms with Crippen LogP contribution >= 0.6 is 11.6 Å². The molecule has 6 nitrogen and oxygen atoms in total. The zero-order valence-corrected chi connectivity index (χ0v) is 13.6. The van der Waals surface area contributed by atoms with E-state index in [0.29, 0.717) is 17.5 Å². The minimum atomic E-state index is -0.0932. The molecule has 1 atom stereocenters. The maximum absolute atomic E-state index is 12.4. The van der Waals surface area contributed by atoms with Gasteiger partial charge in [0.25, 0.3) is 0 Å². The summed E-state index contributed by atoms with van der Waals surface area (Å²) in [6, 6.07) is 7.29. The lowest BCUT2D eigenvalue weighted by Gasteiger charge is -2.32. The minimum absolute atomic E-state index is 0.00650. The fraction of sp³-hybridized carbons (Fsp3) is 0.375. The van der Waals surface area contributed by atoms with Crippen molar-refractivity contribution >= 4 is 29.1 Å². The molecular weight excluding hydrogens is 314 g/mol. The monoisotopic (exact) mass is 331 g/mol. The van der Waals surface area contributed by atoms with Crippen LogP contribution in [0.5, 0.6) is 0 Å². The van der Waals surface area contributed by atoms with E-state index in [0.717, 1.165) is 30.8 Å². The summed E-state index contributed by atoms with van der Waals surface area (Å²) >= 11 is 5.77. The number of carbonyl (C=O) groups is 1. The Hall–Kier alpha value is -2.21. The van der Waals surface area contributed by atoms with Crippen LogP contribution in [0.4, 0.5) is 11.6 Å². The summed E-state index contributed by atoms with van der Waals surface area (Å²) in [5, 5.41) is 11.2. The van der Waals surface area contributed by atoms with Crippen molar-refractivity contribution in [1.82, 2.24) is 15.2 Å². The van der Waals surface area contributed by atoms with Crippen molar-refractivity contribution in [3.05, 3.63) is 41.2 Å². The van der Waals surface area contributed by atoms with E-state index in [-0.39, 0.29) is 11.8 Å². The Kier molecular flexibility index (Phi) is 4.71. The molecule has 2 aromatic rings. The third-order valence-electron chi connectivity index (χ3n) is 3.90. The summed E-state index contributed by atoms with van der Waals surface area (Å²) in [5.74, 6) is 1.24. The van der Waals surface area contributed by atoms with Gasteiger partial charge in [-0.2, -0.15) is 0 Å². The lowest BCUT2D eigenvalue weighted by molar-refractivity contribution is -0.120. The molecule has 0 unspecified atom stereocenters. The number of pyridine rings is 1. The molecule has 1 saturated heterocycles. The molecule has 3 rings (SSSR count). The Morgan fingerprint density at radius 3 is 2.87 bits per heavy atom. The number of amides is 1. The first-order valence-electron chi connectivity index (χ1n) is 7.59. The van der Waals surface area contributed by atoms with Crippen LogP contribution in [0, 0.1) is 12.8 Å². The summed E-state index contributed by atoms with van der Waals surface area (Å²) in [7, 11) is 0. The van der Waals surface area contributed by atoms with Gasteiger partial charge in [-0.1, -0.05) is 17.7 Å².